The zero-order valence-corrected chi connectivity index (χ0v) is 13.5. The SMILES string of the molecule is CN(C(=O)C1CC1C(=O)Nc1ccc(Cl)cc1)c1ccccc1. The number of nitrogens with zero attached hydrogens (tertiary/aromatic N) is 1. The summed E-state index contributed by atoms with van der Waals surface area (Å²) in [5.41, 5.74) is 1.52. The quantitative estimate of drug-likeness (QED) is 0.932. The molecule has 2 unspecified atom stereocenters. The number of halogens is 1. The van der Waals surface area contributed by atoms with Crippen LogP contribution in [0.1, 0.15) is 6.42 Å². The zero-order valence-electron chi connectivity index (χ0n) is 12.7. The Kier molecular flexibility index (Phi) is 4.35. The molecule has 1 N–H and O–H groups in total. The normalized spacial score (nSPS) is 19.0. The van der Waals surface area contributed by atoms with Crippen molar-refractivity contribution in [1.29, 1.82) is 0 Å². The average Bonchev–Trinajstić information content (AvgIpc) is 3.37. The lowest BCUT2D eigenvalue weighted by atomic mass is 10.2. The standard InChI is InChI=1S/C18H17ClN2O2/c1-21(14-5-3-2-4-6-14)18(23)16-11-15(16)17(22)20-13-9-7-12(19)8-10-13/h2-10,15-16H,11H2,1H3,(H,20,22). The molecular formula is C18H17ClN2O2. The number of nitrogens with one attached hydrogen (secondary N) is 1. The van der Waals surface area contributed by atoms with Gasteiger partial charge in [-0.3, -0.25) is 9.59 Å². The molecule has 1 aliphatic carbocycles. The van der Waals surface area contributed by atoms with Gasteiger partial charge in [0.1, 0.15) is 0 Å². The molecule has 1 saturated carbocycles. The van der Waals surface area contributed by atoms with Gasteiger partial charge in [-0.2, -0.15) is 0 Å². The first-order valence-electron chi connectivity index (χ1n) is 7.45. The maximum atomic E-state index is 12.4. The van der Waals surface area contributed by atoms with Crippen LogP contribution in [0, 0.1) is 11.8 Å². The predicted octanol–water partition coefficient (Wildman–Crippen LogP) is 3.58. The average molecular weight is 329 g/mol. The van der Waals surface area contributed by atoms with E-state index in [9.17, 15) is 9.59 Å². The van der Waals surface area contributed by atoms with Crippen molar-refractivity contribution < 1.29 is 9.59 Å². The summed E-state index contributed by atoms with van der Waals surface area (Å²) >= 11 is 5.82. The van der Waals surface area contributed by atoms with Crippen molar-refractivity contribution in [3.05, 3.63) is 59.6 Å². The van der Waals surface area contributed by atoms with Crippen LogP contribution < -0.4 is 10.2 Å². The number of anilines is 2. The predicted molar refractivity (Wildman–Crippen MR) is 91.5 cm³/mol. The van der Waals surface area contributed by atoms with E-state index in [0.29, 0.717) is 17.1 Å². The third-order valence-electron chi connectivity index (χ3n) is 4.03. The van der Waals surface area contributed by atoms with E-state index in [0.717, 1.165) is 5.69 Å². The van der Waals surface area contributed by atoms with E-state index in [2.05, 4.69) is 5.32 Å². The molecular weight excluding hydrogens is 312 g/mol. The number of para-hydroxylation sites is 1. The van der Waals surface area contributed by atoms with Crippen LogP contribution in [0.2, 0.25) is 5.02 Å². The molecule has 23 heavy (non-hydrogen) atoms. The van der Waals surface area contributed by atoms with E-state index in [1.54, 1.807) is 36.2 Å². The van der Waals surface area contributed by atoms with Crippen LogP contribution in [0.4, 0.5) is 11.4 Å². The number of hydrogen-bond donors (Lipinski definition) is 1. The molecule has 1 fully saturated rings. The van der Waals surface area contributed by atoms with Crippen molar-refractivity contribution in [1.82, 2.24) is 0 Å². The summed E-state index contributed by atoms with van der Waals surface area (Å²) in [6, 6.07) is 16.4. The van der Waals surface area contributed by atoms with Crippen LogP contribution in [0.5, 0.6) is 0 Å². The van der Waals surface area contributed by atoms with Crippen molar-refractivity contribution in [3.63, 3.8) is 0 Å². The van der Waals surface area contributed by atoms with Gasteiger partial charge in [0.25, 0.3) is 0 Å². The fraction of sp³-hybridized carbons (Fsp3) is 0.222. The molecule has 2 aromatic carbocycles. The highest BCUT2D eigenvalue weighted by atomic mass is 35.5. The topological polar surface area (TPSA) is 49.4 Å². The summed E-state index contributed by atoms with van der Waals surface area (Å²) in [6.07, 6.45) is 0.593. The fourth-order valence-electron chi connectivity index (χ4n) is 2.55. The molecule has 0 heterocycles. The fourth-order valence-corrected chi connectivity index (χ4v) is 2.68. The Morgan fingerprint density at radius 3 is 2.35 bits per heavy atom. The second-order valence-corrected chi connectivity index (χ2v) is 6.11. The second kappa shape index (κ2) is 6.42. The zero-order chi connectivity index (χ0) is 16.4. The van der Waals surface area contributed by atoms with Gasteiger partial charge >= 0.3 is 0 Å². The number of amides is 2. The Morgan fingerprint density at radius 1 is 1.04 bits per heavy atom. The maximum Gasteiger partial charge on any atom is 0.230 e. The summed E-state index contributed by atoms with van der Waals surface area (Å²) in [5.74, 6) is -0.642. The molecule has 5 heteroatoms. The molecule has 2 amide bonds. The van der Waals surface area contributed by atoms with Gasteiger partial charge in [-0.25, -0.2) is 0 Å². The minimum Gasteiger partial charge on any atom is -0.326 e. The summed E-state index contributed by atoms with van der Waals surface area (Å²) in [5, 5.41) is 3.44. The molecule has 2 aromatic rings. The van der Waals surface area contributed by atoms with Crippen LogP contribution >= 0.6 is 11.6 Å². The van der Waals surface area contributed by atoms with E-state index in [1.807, 2.05) is 30.3 Å². The Hall–Kier alpha value is -2.33. The van der Waals surface area contributed by atoms with Gasteiger partial charge < -0.3 is 10.2 Å². The Labute approximate surface area is 140 Å². The molecule has 0 bridgehead atoms. The molecule has 1 aliphatic rings. The second-order valence-electron chi connectivity index (χ2n) is 5.68. The number of carbonyl (C=O) groups excluding carboxylic acids is 2. The lowest BCUT2D eigenvalue weighted by molar-refractivity contribution is -0.123. The van der Waals surface area contributed by atoms with E-state index in [4.69, 9.17) is 11.6 Å². The third-order valence-corrected chi connectivity index (χ3v) is 4.28. The van der Waals surface area contributed by atoms with E-state index in [-0.39, 0.29) is 23.7 Å². The van der Waals surface area contributed by atoms with Gasteiger partial charge in [0.2, 0.25) is 11.8 Å². The molecule has 0 spiro atoms. The number of carbonyl (C=O) groups is 2. The van der Waals surface area contributed by atoms with Crippen LogP contribution in [0.15, 0.2) is 54.6 Å². The lowest BCUT2D eigenvalue weighted by Gasteiger charge is -2.17. The first-order chi connectivity index (χ1) is 11.1. The molecule has 0 radical (unpaired) electrons. The van der Waals surface area contributed by atoms with Crippen LogP contribution in [0.3, 0.4) is 0 Å². The Bertz CT molecular complexity index is 716. The first kappa shape index (κ1) is 15.6. The molecule has 0 aromatic heterocycles. The molecule has 4 nitrogen and oxygen atoms in total. The molecule has 3 rings (SSSR count). The van der Waals surface area contributed by atoms with E-state index in [1.165, 1.54) is 0 Å². The van der Waals surface area contributed by atoms with Crippen LogP contribution in [-0.2, 0) is 9.59 Å². The maximum absolute atomic E-state index is 12.4. The van der Waals surface area contributed by atoms with E-state index < -0.39 is 0 Å². The van der Waals surface area contributed by atoms with E-state index >= 15 is 0 Å². The number of hydrogen-bond acceptors (Lipinski definition) is 2. The van der Waals surface area contributed by atoms with Crippen molar-refractivity contribution in [2.45, 2.75) is 6.42 Å². The van der Waals surface area contributed by atoms with Crippen molar-refractivity contribution in [2.75, 3.05) is 17.3 Å². The highest BCUT2D eigenvalue weighted by Crippen LogP contribution is 2.41. The molecule has 0 saturated heterocycles. The van der Waals surface area contributed by atoms with Gasteiger partial charge in [0, 0.05) is 23.4 Å². The largest absolute Gasteiger partial charge is 0.326 e. The van der Waals surface area contributed by atoms with Crippen molar-refractivity contribution in [3.8, 4) is 0 Å². The Morgan fingerprint density at radius 2 is 1.70 bits per heavy atom. The van der Waals surface area contributed by atoms with Gasteiger partial charge in [0.05, 0.1) is 11.8 Å². The first-order valence-corrected chi connectivity index (χ1v) is 7.83. The minimum atomic E-state index is -0.260. The summed E-state index contributed by atoms with van der Waals surface area (Å²) in [6.45, 7) is 0. The highest BCUT2D eigenvalue weighted by Gasteiger charge is 2.49. The summed E-state index contributed by atoms with van der Waals surface area (Å²) in [4.78, 5) is 26.3. The Balaban J connectivity index is 1.59. The van der Waals surface area contributed by atoms with Crippen molar-refractivity contribution in [2.24, 2.45) is 11.8 Å². The smallest absolute Gasteiger partial charge is 0.230 e. The van der Waals surface area contributed by atoms with Crippen LogP contribution in [-0.4, -0.2) is 18.9 Å². The van der Waals surface area contributed by atoms with Crippen molar-refractivity contribution >= 4 is 34.8 Å². The number of rotatable bonds is 4. The van der Waals surface area contributed by atoms with Gasteiger partial charge in [-0.1, -0.05) is 29.8 Å². The summed E-state index contributed by atoms with van der Waals surface area (Å²) < 4.78 is 0. The minimum absolute atomic E-state index is 0.0209. The summed E-state index contributed by atoms with van der Waals surface area (Å²) in [7, 11) is 1.74. The van der Waals surface area contributed by atoms with Crippen LogP contribution in [0.25, 0.3) is 0 Å². The van der Waals surface area contributed by atoms with Gasteiger partial charge in [-0.05, 0) is 42.8 Å². The third kappa shape index (κ3) is 3.54. The van der Waals surface area contributed by atoms with Gasteiger partial charge in [-0.15, -0.1) is 0 Å². The monoisotopic (exact) mass is 328 g/mol. The molecule has 0 aliphatic heterocycles. The number of benzene rings is 2. The molecule has 2 atom stereocenters. The highest BCUT2D eigenvalue weighted by molar-refractivity contribution is 6.30. The lowest BCUT2D eigenvalue weighted by Crippen LogP contribution is -2.29. The molecule has 118 valence electrons. The van der Waals surface area contributed by atoms with Gasteiger partial charge in [0.15, 0.2) is 0 Å².